The van der Waals surface area contributed by atoms with Gasteiger partial charge in [0, 0.05) is 47.7 Å². The fraction of sp³-hybridized carbons (Fsp3) is 0.517. The molecule has 0 unspecified atom stereocenters. The molecule has 1 aromatic heterocycles. The zero-order chi connectivity index (χ0) is 25.9. The molecule has 2 aromatic rings. The molecule has 1 aromatic carbocycles. The number of allylic oxidation sites excluding steroid dienone is 1. The summed E-state index contributed by atoms with van der Waals surface area (Å²) in [6, 6.07) is 7.14. The smallest absolute Gasteiger partial charge is 0.253 e. The van der Waals surface area contributed by atoms with Gasteiger partial charge in [-0.2, -0.15) is 0 Å². The Morgan fingerprint density at radius 3 is 2.26 bits per heavy atom. The minimum Gasteiger partial charge on any atom is -0.369 e. The molecule has 0 bridgehead atoms. The molecule has 35 heavy (non-hydrogen) atoms. The van der Waals surface area contributed by atoms with E-state index in [1.54, 1.807) is 0 Å². The zero-order valence-electron chi connectivity index (χ0n) is 22.5. The van der Waals surface area contributed by atoms with E-state index < -0.39 is 0 Å². The molecular weight excluding hydrogens is 436 g/mol. The van der Waals surface area contributed by atoms with Crippen molar-refractivity contribution >= 4 is 17.2 Å². The van der Waals surface area contributed by atoms with Crippen LogP contribution in [0.1, 0.15) is 77.8 Å². The molecule has 1 aliphatic carbocycles. The average molecular weight is 479 g/mol. The largest absolute Gasteiger partial charge is 0.369 e. The first kappa shape index (κ1) is 26.7. The Morgan fingerprint density at radius 2 is 1.71 bits per heavy atom. The highest BCUT2D eigenvalue weighted by Crippen LogP contribution is 2.34. The van der Waals surface area contributed by atoms with Crippen LogP contribution in [0.15, 0.2) is 29.6 Å². The first-order valence-electron chi connectivity index (χ1n) is 12.7. The van der Waals surface area contributed by atoms with Crippen LogP contribution in [0, 0.1) is 20.8 Å². The van der Waals surface area contributed by atoms with E-state index in [-0.39, 0.29) is 18.0 Å². The lowest BCUT2D eigenvalue weighted by Crippen LogP contribution is -2.42. The Bertz CT molecular complexity index is 1140. The van der Waals surface area contributed by atoms with Gasteiger partial charge >= 0.3 is 0 Å². The van der Waals surface area contributed by atoms with Crippen LogP contribution in [0.3, 0.4) is 0 Å². The number of nitrogens with zero attached hydrogens (tertiary/aromatic N) is 2. The molecule has 1 saturated carbocycles. The Kier molecular flexibility index (Phi) is 8.60. The van der Waals surface area contributed by atoms with Gasteiger partial charge in [0.25, 0.3) is 11.5 Å². The number of hydrogen-bond donors (Lipinski definition) is 2. The Labute approximate surface area is 210 Å². The monoisotopic (exact) mass is 478 g/mol. The van der Waals surface area contributed by atoms with Gasteiger partial charge in [-0.15, -0.1) is 0 Å². The molecule has 6 nitrogen and oxygen atoms in total. The van der Waals surface area contributed by atoms with Gasteiger partial charge in [0.2, 0.25) is 0 Å². The zero-order valence-corrected chi connectivity index (χ0v) is 22.5. The van der Waals surface area contributed by atoms with Gasteiger partial charge in [0.05, 0.1) is 0 Å². The molecule has 6 heteroatoms. The lowest BCUT2D eigenvalue weighted by molar-refractivity contribution is 0.0950. The summed E-state index contributed by atoms with van der Waals surface area (Å²) < 4.78 is 0. The van der Waals surface area contributed by atoms with Crippen LogP contribution < -0.4 is 15.8 Å². The number of aromatic amines is 1. The number of H-pyrrole nitrogens is 1. The molecule has 2 N–H and O–H groups in total. The van der Waals surface area contributed by atoms with Crippen LogP contribution in [0.4, 0.5) is 5.69 Å². The second-order valence-corrected chi connectivity index (χ2v) is 10.3. The molecule has 0 saturated heterocycles. The van der Waals surface area contributed by atoms with E-state index in [2.05, 4.69) is 53.8 Å². The highest BCUT2D eigenvalue weighted by atomic mass is 16.1. The summed E-state index contributed by atoms with van der Waals surface area (Å²) in [7, 11) is 4.33. The number of rotatable bonds is 8. The van der Waals surface area contributed by atoms with E-state index in [0.29, 0.717) is 23.2 Å². The summed E-state index contributed by atoms with van der Waals surface area (Å²) in [6.45, 7) is 15.2. The Hall–Kier alpha value is -2.86. The highest BCUT2D eigenvalue weighted by Gasteiger charge is 2.28. The number of aromatic nitrogens is 1. The van der Waals surface area contributed by atoms with Gasteiger partial charge < -0.3 is 20.1 Å². The number of carbonyl (C=O) groups excluding carboxylic acids is 1. The second kappa shape index (κ2) is 11.3. The molecule has 0 spiro atoms. The predicted molar refractivity (Wildman–Crippen MR) is 146 cm³/mol. The van der Waals surface area contributed by atoms with Crippen LogP contribution >= 0.6 is 0 Å². The molecule has 3 rings (SSSR count). The number of anilines is 1. The minimum absolute atomic E-state index is 0.151. The molecule has 190 valence electrons. The number of aryl methyl sites for hydroxylation is 2. The fourth-order valence-corrected chi connectivity index (χ4v) is 5.36. The number of amides is 1. The van der Waals surface area contributed by atoms with Gasteiger partial charge in [-0.1, -0.05) is 12.2 Å². The summed E-state index contributed by atoms with van der Waals surface area (Å²) in [5.74, 6) is -0.168. The quantitative estimate of drug-likeness (QED) is 0.563. The second-order valence-electron chi connectivity index (χ2n) is 10.3. The van der Waals surface area contributed by atoms with Crippen molar-refractivity contribution in [3.8, 4) is 0 Å². The van der Waals surface area contributed by atoms with E-state index in [9.17, 15) is 9.59 Å². The third-order valence-corrected chi connectivity index (χ3v) is 7.52. The SMILES string of the molecule is C=C(C)c1cc(C(=O)NCc2c(C)cc(C)[nH]c2=O)c(C)c(N(CC)[C@H]2CC[C@H](N(C)C)CC2)c1. The van der Waals surface area contributed by atoms with Crippen molar-refractivity contribution in [2.75, 3.05) is 25.5 Å². The van der Waals surface area contributed by atoms with E-state index in [0.717, 1.165) is 53.0 Å². The van der Waals surface area contributed by atoms with E-state index in [1.807, 2.05) is 39.8 Å². The first-order valence-corrected chi connectivity index (χ1v) is 12.7. The van der Waals surface area contributed by atoms with Crippen LogP contribution in [0.5, 0.6) is 0 Å². The summed E-state index contributed by atoms with van der Waals surface area (Å²) in [6.07, 6.45) is 4.66. The maximum absolute atomic E-state index is 13.4. The number of nitrogens with one attached hydrogen (secondary N) is 2. The van der Waals surface area contributed by atoms with E-state index in [1.165, 1.54) is 12.8 Å². The maximum atomic E-state index is 13.4. The van der Waals surface area contributed by atoms with Crippen molar-refractivity contribution in [1.82, 2.24) is 15.2 Å². The topological polar surface area (TPSA) is 68.4 Å². The molecule has 0 radical (unpaired) electrons. The molecule has 1 aliphatic rings. The maximum Gasteiger partial charge on any atom is 0.253 e. The van der Waals surface area contributed by atoms with Crippen molar-refractivity contribution < 1.29 is 4.79 Å². The van der Waals surface area contributed by atoms with Crippen LogP contribution in [-0.2, 0) is 6.54 Å². The number of benzene rings is 1. The van der Waals surface area contributed by atoms with Crippen molar-refractivity contribution in [1.29, 1.82) is 0 Å². The van der Waals surface area contributed by atoms with Gasteiger partial charge in [-0.25, -0.2) is 0 Å². The Balaban J connectivity index is 1.90. The predicted octanol–water partition coefficient (Wildman–Crippen LogP) is 4.96. The molecule has 1 fully saturated rings. The average Bonchev–Trinajstić information content (AvgIpc) is 2.79. The third-order valence-electron chi connectivity index (χ3n) is 7.52. The number of pyridine rings is 1. The summed E-state index contributed by atoms with van der Waals surface area (Å²) in [5.41, 5.74) is 6.75. The van der Waals surface area contributed by atoms with E-state index >= 15 is 0 Å². The van der Waals surface area contributed by atoms with Crippen LogP contribution in [-0.4, -0.2) is 48.5 Å². The van der Waals surface area contributed by atoms with Crippen molar-refractivity contribution in [2.45, 2.75) is 78.9 Å². The van der Waals surface area contributed by atoms with Crippen LogP contribution in [0.2, 0.25) is 0 Å². The summed E-state index contributed by atoms with van der Waals surface area (Å²) in [5, 5.41) is 2.99. The minimum atomic E-state index is -0.168. The molecule has 0 aliphatic heterocycles. The van der Waals surface area contributed by atoms with Gasteiger partial charge in [0.15, 0.2) is 0 Å². The highest BCUT2D eigenvalue weighted by molar-refractivity contribution is 5.98. The molecule has 1 heterocycles. The van der Waals surface area contributed by atoms with Gasteiger partial charge in [-0.05, 0) is 109 Å². The standard InChI is InChI=1S/C29H42N4O2/c1-9-33(24-12-10-23(11-13-24)32(7)8)27-16-22(18(2)3)15-25(21(27)6)28(34)30-17-26-19(4)14-20(5)31-29(26)35/h14-16,23-24H,2,9-13,17H2,1,3-8H3,(H,30,34)(H,31,35)/t23-,24-. The van der Waals surface area contributed by atoms with Gasteiger partial charge in [-0.3, -0.25) is 9.59 Å². The lowest BCUT2D eigenvalue weighted by Gasteiger charge is -2.40. The van der Waals surface area contributed by atoms with Crippen molar-refractivity contribution in [2.24, 2.45) is 0 Å². The molecule has 1 amide bonds. The third kappa shape index (κ3) is 6.04. The van der Waals surface area contributed by atoms with E-state index in [4.69, 9.17) is 0 Å². The van der Waals surface area contributed by atoms with Gasteiger partial charge in [0.1, 0.15) is 0 Å². The fourth-order valence-electron chi connectivity index (χ4n) is 5.36. The van der Waals surface area contributed by atoms with Crippen molar-refractivity contribution in [3.05, 3.63) is 68.6 Å². The van der Waals surface area contributed by atoms with Crippen LogP contribution in [0.25, 0.3) is 5.57 Å². The normalized spacial score (nSPS) is 17.9. The molecule has 0 atom stereocenters. The summed E-state index contributed by atoms with van der Waals surface area (Å²) in [4.78, 5) is 33.4. The number of hydrogen-bond acceptors (Lipinski definition) is 4. The van der Waals surface area contributed by atoms with Crippen molar-refractivity contribution in [3.63, 3.8) is 0 Å². The number of carbonyl (C=O) groups is 1. The first-order chi connectivity index (χ1) is 16.5. The Morgan fingerprint density at radius 1 is 1.09 bits per heavy atom. The molecular formula is C29H42N4O2. The lowest BCUT2D eigenvalue weighted by atomic mass is 9.88. The summed E-state index contributed by atoms with van der Waals surface area (Å²) >= 11 is 0.